The van der Waals surface area contributed by atoms with Gasteiger partial charge in [-0.25, -0.2) is 0 Å². The Kier molecular flexibility index (Phi) is 7.33. The molecule has 0 bridgehead atoms. The molecule has 3 rings (SSSR count). The highest BCUT2D eigenvalue weighted by Crippen LogP contribution is 2.29. The molecule has 3 atom stereocenters. The Morgan fingerprint density at radius 1 is 1.15 bits per heavy atom. The van der Waals surface area contributed by atoms with Crippen LogP contribution in [-0.2, 0) is 6.42 Å². The fraction of sp³-hybridized carbons (Fsp3) is 0.429. The van der Waals surface area contributed by atoms with Gasteiger partial charge in [-0.2, -0.15) is 0 Å². The van der Waals surface area contributed by atoms with E-state index in [0.717, 1.165) is 42.6 Å². The molecule has 26 heavy (non-hydrogen) atoms. The standard InChI is InChI=1S/C21H27NO3.ClH/c1-14-13-16(6-12-20(14)23)21(24)19-11-8-17(22-19)7-3-15-4-9-18(25-2)10-5-15;/h4-6,9-10,12-13,17,19,21-24H,3,7-8,11H2,1-2H3;1H. The fourth-order valence-corrected chi connectivity index (χ4v) is 3.55. The lowest BCUT2D eigenvalue weighted by molar-refractivity contribution is 0.135. The number of hydrogen-bond acceptors (Lipinski definition) is 4. The number of aliphatic hydroxyl groups excluding tert-OH is 1. The minimum absolute atomic E-state index is 0. The van der Waals surface area contributed by atoms with E-state index in [9.17, 15) is 10.2 Å². The number of hydrogen-bond donors (Lipinski definition) is 3. The van der Waals surface area contributed by atoms with Gasteiger partial charge in [0.2, 0.25) is 0 Å². The van der Waals surface area contributed by atoms with Gasteiger partial charge in [0.25, 0.3) is 0 Å². The lowest BCUT2D eigenvalue weighted by Crippen LogP contribution is -2.34. The molecule has 0 aliphatic carbocycles. The lowest BCUT2D eigenvalue weighted by atomic mass is 9.99. The first kappa shape index (κ1) is 20.6. The van der Waals surface area contributed by atoms with Crippen molar-refractivity contribution in [2.45, 2.75) is 50.8 Å². The number of aryl methyl sites for hydroxylation is 2. The molecule has 0 saturated carbocycles. The van der Waals surface area contributed by atoms with Gasteiger partial charge in [-0.05, 0) is 73.6 Å². The van der Waals surface area contributed by atoms with Crippen molar-refractivity contribution in [3.05, 3.63) is 59.2 Å². The van der Waals surface area contributed by atoms with Crippen LogP contribution in [0.25, 0.3) is 0 Å². The fourth-order valence-electron chi connectivity index (χ4n) is 3.55. The van der Waals surface area contributed by atoms with Crippen molar-refractivity contribution in [2.75, 3.05) is 7.11 Å². The third-order valence-electron chi connectivity index (χ3n) is 5.16. The summed E-state index contributed by atoms with van der Waals surface area (Å²) in [6.07, 6.45) is 3.58. The van der Waals surface area contributed by atoms with Crippen molar-refractivity contribution < 1.29 is 14.9 Å². The van der Waals surface area contributed by atoms with Gasteiger partial charge < -0.3 is 20.3 Å². The first-order valence-corrected chi connectivity index (χ1v) is 8.93. The van der Waals surface area contributed by atoms with E-state index >= 15 is 0 Å². The van der Waals surface area contributed by atoms with E-state index in [4.69, 9.17) is 4.74 Å². The zero-order chi connectivity index (χ0) is 17.8. The van der Waals surface area contributed by atoms with Crippen molar-refractivity contribution in [1.29, 1.82) is 0 Å². The number of aromatic hydroxyl groups is 1. The van der Waals surface area contributed by atoms with E-state index in [0.29, 0.717) is 6.04 Å². The van der Waals surface area contributed by atoms with Crippen molar-refractivity contribution in [3.63, 3.8) is 0 Å². The molecular formula is C21H28ClNO3. The second kappa shape index (κ2) is 9.26. The number of rotatable bonds is 6. The SMILES string of the molecule is COc1ccc(CCC2CCC(C(O)c3ccc(O)c(C)c3)N2)cc1.Cl. The molecule has 1 aliphatic rings. The molecular weight excluding hydrogens is 350 g/mol. The van der Waals surface area contributed by atoms with Crippen LogP contribution in [0.4, 0.5) is 0 Å². The maximum Gasteiger partial charge on any atom is 0.118 e. The number of phenols is 1. The Hall–Kier alpha value is -1.75. The average molecular weight is 378 g/mol. The first-order valence-electron chi connectivity index (χ1n) is 8.93. The van der Waals surface area contributed by atoms with Crippen molar-refractivity contribution in [2.24, 2.45) is 0 Å². The van der Waals surface area contributed by atoms with Crippen LogP contribution in [0.3, 0.4) is 0 Å². The van der Waals surface area contributed by atoms with Crippen LogP contribution >= 0.6 is 12.4 Å². The van der Waals surface area contributed by atoms with Gasteiger partial charge in [0, 0.05) is 12.1 Å². The van der Waals surface area contributed by atoms with Gasteiger partial charge >= 0.3 is 0 Å². The molecule has 0 radical (unpaired) electrons. The van der Waals surface area contributed by atoms with Gasteiger partial charge in [0.1, 0.15) is 11.5 Å². The van der Waals surface area contributed by atoms with Crippen LogP contribution in [0.15, 0.2) is 42.5 Å². The van der Waals surface area contributed by atoms with Gasteiger partial charge in [-0.3, -0.25) is 0 Å². The summed E-state index contributed by atoms with van der Waals surface area (Å²) in [7, 11) is 1.68. The number of aliphatic hydroxyl groups is 1. The Labute approximate surface area is 161 Å². The van der Waals surface area contributed by atoms with Crippen LogP contribution in [0.2, 0.25) is 0 Å². The van der Waals surface area contributed by atoms with Crippen molar-refractivity contribution in [3.8, 4) is 11.5 Å². The maximum atomic E-state index is 10.6. The molecule has 2 aromatic rings. The highest BCUT2D eigenvalue weighted by Gasteiger charge is 2.29. The van der Waals surface area contributed by atoms with E-state index in [1.54, 1.807) is 19.2 Å². The monoisotopic (exact) mass is 377 g/mol. The first-order chi connectivity index (χ1) is 12.1. The molecule has 4 nitrogen and oxygen atoms in total. The van der Waals surface area contributed by atoms with Crippen LogP contribution in [0.1, 0.15) is 42.1 Å². The molecule has 1 heterocycles. The zero-order valence-corrected chi connectivity index (χ0v) is 16.1. The van der Waals surface area contributed by atoms with Crippen LogP contribution in [-0.4, -0.2) is 29.4 Å². The summed E-state index contributed by atoms with van der Waals surface area (Å²) in [6, 6.07) is 14.0. The number of methoxy groups -OCH3 is 1. The van der Waals surface area contributed by atoms with Crippen molar-refractivity contribution in [1.82, 2.24) is 5.32 Å². The number of halogens is 1. The normalized spacial score (nSPS) is 20.4. The molecule has 3 unspecified atom stereocenters. The summed E-state index contributed by atoms with van der Waals surface area (Å²) in [6.45, 7) is 1.85. The second-order valence-electron chi connectivity index (χ2n) is 6.92. The van der Waals surface area contributed by atoms with Gasteiger partial charge in [-0.1, -0.05) is 18.2 Å². The highest BCUT2D eigenvalue weighted by atomic mass is 35.5. The summed E-state index contributed by atoms with van der Waals surface area (Å²) >= 11 is 0. The third kappa shape index (κ3) is 4.91. The third-order valence-corrected chi connectivity index (χ3v) is 5.16. The predicted molar refractivity (Wildman–Crippen MR) is 106 cm³/mol. The second-order valence-corrected chi connectivity index (χ2v) is 6.92. The number of phenolic OH excluding ortho intramolecular Hbond substituents is 1. The minimum Gasteiger partial charge on any atom is -0.508 e. The Balaban J connectivity index is 0.00000243. The molecule has 1 saturated heterocycles. The zero-order valence-electron chi connectivity index (χ0n) is 15.3. The van der Waals surface area contributed by atoms with E-state index in [-0.39, 0.29) is 24.2 Å². The number of benzene rings is 2. The lowest BCUT2D eigenvalue weighted by Gasteiger charge is -2.21. The Bertz CT molecular complexity index is 705. The average Bonchev–Trinajstić information content (AvgIpc) is 3.11. The van der Waals surface area contributed by atoms with E-state index in [1.165, 1.54) is 5.56 Å². The number of nitrogens with one attached hydrogen (secondary N) is 1. The van der Waals surface area contributed by atoms with Crippen LogP contribution in [0, 0.1) is 6.92 Å². The van der Waals surface area contributed by atoms with Gasteiger partial charge in [0.15, 0.2) is 0 Å². The Morgan fingerprint density at radius 3 is 2.54 bits per heavy atom. The minimum atomic E-state index is -0.537. The van der Waals surface area contributed by atoms with Gasteiger partial charge in [0.05, 0.1) is 13.2 Å². The molecule has 1 aliphatic heterocycles. The number of ether oxygens (including phenoxy) is 1. The smallest absolute Gasteiger partial charge is 0.118 e. The molecule has 5 heteroatoms. The molecule has 0 aromatic heterocycles. The molecule has 142 valence electrons. The topological polar surface area (TPSA) is 61.7 Å². The summed E-state index contributed by atoms with van der Waals surface area (Å²) in [5, 5.41) is 23.9. The molecule has 0 amide bonds. The molecule has 3 N–H and O–H groups in total. The maximum absolute atomic E-state index is 10.6. The van der Waals surface area contributed by atoms with Crippen LogP contribution in [0.5, 0.6) is 11.5 Å². The van der Waals surface area contributed by atoms with E-state index in [1.807, 2.05) is 25.1 Å². The van der Waals surface area contributed by atoms with E-state index in [2.05, 4.69) is 17.4 Å². The molecule has 0 spiro atoms. The summed E-state index contributed by atoms with van der Waals surface area (Å²) in [5.74, 6) is 1.16. The summed E-state index contributed by atoms with van der Waals surface area (Å²) in [4.78, 5) is 0. The predicted octanol–water partition coefficient (Wildman–Crippen LogP) is 3.92. The van der Waals surface area contributed by atoms with Gasteiger partial charge in [-0.15, -0.1) is 12.4 Å². The van der Waals surface area contributed by atoms with E-state index < -0.39 is 6.10 Å². The quantitative estimate of drug-likeness (QED) is 0.714. The van der Waals surface area contributed by atoms with Crippen molar-refractivity contribution >= 4 is 12.4 Å². The highest BCUT2D eigenvalue weighted by molar-refractivity contribution is 5.85. The molecule has 2 aromatic carbocycles. The summed E-state index contributed by atoms with van der Waals surface area (Å²) in [5.41, 5.74) is 2.97. The molecule has 1 fully saturated rings. The van der Waals surface area contributed by atoms with Crippen LogP contribution < -0.4 is 10.1 Å². The summed E-state index contributed by atoms with van der Waals surface area (Å²) < 4.78 is 5.19. The largest absolute Gasteiger partial charge is 0.508 e. The Morgan fingerprint density at radius 2 is 1.88 bits per heavy atom.